The zero-order valence-electron chi connectivity index (χ0n) is 68.1. The highest BCUT2D eigenvalue weighted by Gasteiger charge is 2.34. The van der Waals surface area contributed by atoms with Crippen molar-refractivity contribution in [3.05, 3.63) is 358 Å². The van der Waals surface area contributed by atoms with Crippen molar-refractivity contribution >= 4 is 66.0 Å². The van der Waals surface area contributed by atoms with E-state index in [1.165, 1.54) is 12.1 Å². The molecule has 0 N–H and O–H groups in total. The van der Waals surface area contributed by atoms with Crippen LogP contribution in [0, 0.1) is 83.1 Å². The summed E-state index contributed by atoms with van der Waals surface area (Å²) in [7, 11) is -19.3. The Morgan fingerprint density at radius 1 is 0.139 bits per heavy atom. The number of hydrogen-bond donors (Lipinski definition) is 0. The van der Waals surface area contributed by atoms with Crippen molar-refractivity contribution in [1.82, 2.24) is 0 Å². The van der Waals surface area contributed by atoms with E-state index in [9.17, 15) is 36.5 Å². The highest BCUT2D eigenvalue weighted by Crippen LogP contribution is 2.44. The Morgan fingerprint density at radius 3 is 0.451 bits per heavy atom. The minimum absolute atomic E-state index is 0.252. The summed E-state index contributed by atoms with van der Waals surface area (Å²) < 4.78 is 184. The van der Waals surface area contributed by atoms with Crippen LogP contribution in [0.5, 0.6) is 92.0 Å². The van der Waals surface area contributed by atoms with Crippen LogP contribution in [0.15, 0.2) is 291 Å². The van der Waals surface area contributed by atoms with E-state index in [4.69, 9.17) is 72.4 Å². The van der Waals surface area contributed by atoms with Gasteiger partial charge in [-0.2, -0.15) is 0 Å². The average Bonchev–Trinajstić information content (AvgIpc) is 0.840. The molecule has 8 atom stereocenters. The molecule has 0 spiro atoms. The van der Waals surface area contributed by atoms with Crippen LogP contribution in [0.4, 0.5) is 0 Å². The topological polar surface area (TPSA) is 284 Å². The lowest BCUT2D eigenvalue weighted by Crippen LogP contribution is -1.94. The van der Waals surface area contributed by atoms with Gasteiger partial charge in [-0.1, -0.05) is 182 Å². The van der Waals surface area contributed by atoms with Crippen molar-refractivity contribution in [2.45, 2.75) is 83.1 Å². The van der Waals surface area contributed by atoms with Gasteiger partial charge < -0.3 is 0 Å². The number of benzene rings is 13. The molecule has 0 amide bonds. The molecule has 0 heterocycles. The summed E-state index contributed by atoms with van der Waals surface area (Å²) in [5.74, 6) is 6.69. The largest absolute Gasteiger partial charge is 0.805 e. The van der Waals surface area contributed by atoms with Gasteiger partial charge in [-0.15, -0.1) is 0 Å². The monoisotopic (exact) mass is 1800 g/mol. The van der Waals surface area contributed by atoms with Gasteiger partial charge >= 0.3 is 66.0 Å². The minimum atomic E-state index is -2.46. The second kappa shape index (κ2) is 45.7. The second-order valence-corrected chi connectivity index (χ2v) is 33.2. The molecule has 8 unspecified atom stereocenters. The van der Waals surface area contributed by atoms with E-state index in [-0.39, 0.29) is 23.0 Å². The highest BCUT2D eigenvalue weighted by atomic mass is 31.1. The molecule has 0 aromatic heterocycles. The fourth-order valence-corrected chi connectivity index (χ4v) is 17.1. The van der Waals surface area contributed by atoms with Crippen LogP contribution >= 0.6 is 66.0 Å². The normalized spacial score (nSPS) is 11.4. The molecule has 0 saturated carbocycles. The molecule has 0 saturated heterocycles. The van der Waals surface area contributed by atoms with Crippen LogP contribution in [0.3, 0.4) is 0 Å². The van der Waals surface area contributed by atoms with E-state index >= 15 is 0 Å². The highest BCUT2D eigenvalue weighted by molar-refractivity contribution is 7.36. The van der Waals surface area contributed by atoms with Crippen molar-refractivity contribution in [2.75, 3.05) is 0 Å². The molecule has 620 valence electrons. The third kappa shape index (κ3) is 28.9. The van der Waals surface area contributed by atoms with Gasteiger partial charge in [0.2, 0.25) is 0 Å². The molecule has 0 aliphatic carbocycles. The van der Waals surface area contributed by atoms with Gasteiger partial charge in [0.1, 0.15) is 0 Å². The van der Waals surface area contributed by atoms with E-state index in [0.717, 1.165) is 77.9 Å². The number of aryl methyl sites for hydroxylation is 12. The zero-order chi connectivity index (χ0) is 87.2. The van der Waals surface area contributed by atoms with Crippen LogP contribution in [0.2, 0.25) is 0 Å². The molecule has 0 fully saturated rings. The Labute approximate surface area is 714 Å². The lowest BCUT2D eigenvalue weighted by Gasteiger charge is -2.04. The molecule has 24 nitrogen and oxygen atoms in total. The first-order valence-corrected chi connectivity index (χ1v) is 46.1. The lowest BCUT2D eigenvalue weighted by atomic mass is 10.1. The Morgan fingerprint density at radius 2 is 0.270 bits per heavy atom. The first-order valence-electron chi connectivity index (χ1n) is 37.3. The van der Waals surface area contributed by atoms with Crippen LogP contribution in [-0.2, 0) is 36.5 Å². The Hall–Kier alpha value is -12.5. The van der Waals surface area contributed by atoms with Gasteiger partial charge in [0, 0.05) is 48.7 Å². The SMILES string of the molecule is Cc1cccc(C)c1O[P+](=O)Oc1ccc(-c2ccc(O[P+](=O)Oc3c(C)cccc3C)cc2)cc1.Cc1cccc(C)c1O[P+](=O)Oc1ccc(O[P+](=O)Oc2c(C)cccc2C)cc1.Cc1cccc(C)c1O[P+](=O)Oc1cccc(O[P+](=O)Oc2c(C)cccc2C)c1.O=[P+](Oc1ccccc1)Oc1cccc(O[P+](=O)Oc2ccccc2)c1. The maximum atomic E-state index is 12.4. The van der Waals surface area contributed by atoms with Crippen molar-refractivity contribution in [2.24, 2.45) is 0 Å². The van der Waals surface area contributed by atoms with Crippen LogP contribution in [0.1, 0.15) is 66.8 Å². The lowest BCUT2D eigenvalue weighted by molar-refractivity contribution is 0.405. The summed E-state index contributed by atoms with van der Waals surface area (Å²) in [5.41, 5.74) is 12.4. The standard InChI is InChI=1S/C28H26O6P2.2C22H22O6P2.C18H14O6P2/c1-19-7-5-8-20(2)27(19)33-35(29)31-25-15-11-23(12-16-25)24-13-17-26(18-14-24)32-36(30)34-28-21(3)9-6-10-22(28)4;1-15-8-5-9-16(2)21(15)27-29(23)25-19-12-7-13-20(14-19)26-30(24)28-22-17(3)10-6-11-18(22)4;1-15-7-5-8-16(2)21(15)27-29(23)25-19-11-13-20(14-12-19)26-30(24)28-22-17(3)9-6-10-18(22)4;19-25(21-15-8-3-1-4-9-15)23-17-12-7-13-18(14-17)24-26(20)22-16-10-5-2-6-11-16/h5-18H,1-4H3;2*5-14H,1-4H3;1-14H/q4*+2. The van der Waals surface area contributed by atoms with Crippen LogP contribution < -0.4 is 72.4 Å². The first kappa shape index (κ1) is 91.8. The maximum absolute atomic E-state index is 12.4. The molecule has 0 aliphatic heterocycles. The van der Waals surface area contributed by atoms with Gasteiger partial charge in [-0.05, 0) is 258 Å². The second-order valence-electron chi connectivity index (χ2n) is 26.7. The molecule has 122 heavy (non-hydrogen) atoms. The molecular formula is C90H84O24P8+8. The van der Waals surface area contributed by atoms with Gasteiger partial charge in [-0.25, -0.2) is 72.4 Å². The Bertz CT molecular complexity index is 5420. The summed E-state index contributed by atoms with van der Waals surface area (Å²) in [5, 5.41) is 0. The van der Waals surface area contributed by atoms with Gasteiger partial charge in [0.25, 0.3) is 0 Å². The molecular weight excluding hydrogens is 1710 g/mol. The number of para-hydroxylation sites is 8. The summed E-state index contributed by atoms with van der Waals surface area (Å²) in [6, 6.07) is 84.5. The van der Waals surface area contributed by atoms with E-state index < -0.39 is 66.0 Å². The van der Waals surface area contributed by atoms with Crippen LogP contribution in [-0.4, -0.2) is 0 Å². The molecule has 0 radical (unpaired) electrons. The molecule has 32 heteroatoms. The zero-order valence-corrected chi connectivity index (χ0v) is 75.2. The fourth-order valence-electron chi connectivity index (χ4n) is 11.2. The van der Waals surface area contributed by atoms with Gasteiger partial charge in [-0.3, -0.25) is 0 Å². The van der Waals surface area contributed by atoms with Gasteiger partial charge in [0.05, 0.1) is 0 Å². The maximum Gasteiger partial charge on any atom is 0.805 e. The molecule has 13 aromatic rings. The van der Waals surface area contributed by atoms with E-state index in [1.54, 1.807) is 133 Å². The average molecular weight is 1800 g/mol. The Kier molecular flexibility index (Phi) is 34.4. The summed E-state index contributed by atoms with van der Waals surface area (Å²) in [6.45, 7) is 22.6. The van der Waals surface area contributed by atoms with E-state index in [1.807, 2.05) is 229 Å². The van der Waals surface area contributed by atoms with E-state index in [2.05, 4.69) is 0 Å². The summed E-state index contributed by atoms with van der Waals surface area (Å²) in [4.78, 5) is 0. The van der Waals surface area contributed by atoms with Crippen molar-refractivity contribution in [1.29, 1.82) is 0 Å². The molecule has 0 bridgehead atoms. The predicted molar refractivity (Wildman–Crippen MR) is 470 cm³/mol. The summed E-state index contributed by atoms with van der Waals surface area (Å²) >= 11 is 0. The predicted octanol–water partition coefficient (Wildman–Crippen LogP) is 29.0. The number of hydrogen-bond acceptors (Lipinski definition) is 24. The smallest absolute Gasteiger partial charge is 0.222 e. The quantitative estimate of drug-likeness (QED) is 0.0345. The molecule has 13 aromatic carbocycles. The van der Waals surface area contributed by atoms with Gasteiger partial charge in [0.15, 0.2) is 92.0 Å². The Balaban J connectivity index is 0.000000172. The molecule has 0 aliphatic rings. The minimum Gasteiger partial charge on any atom is -0.222 e. The van der Waals surface area contributed by atoms with Crippen LogP contribution in [0.25, 0.3) is 11.1 Å². The third-order valence-corrected chi connectivity index (χ3v) is 22.8. The fraction of sp³-hybridized carbons (Fsp3) is 0.133. The third-order valence-electron chi connectivity index (χ3n) is 17.2. The van der Waals surface area contributed by atoms with Crippen molar-refractivity contribution in [3.63, 3.8) is 0 Å². The van der Waals surface area contributed by atoms with Crippen molar-refractivity contribution in [3.8, 4) is 103 Å². The first-order chi connectivity index (χ1) is 58.6. The van der Waals surface area contributed by atoms with E-state index in [0.29, 0.717) is 69.0 Å². The summed E-state index contributed by atoms with van der Waals surface area (Å²) in [6.07, 6.45) is 0. The van der Waals surface area contributed by atoms with Crippen molar-refractivity contribution < 1.29 is 109 Å². The molecule has 13 rings (SSSR count). The number of rotatable bonds is 33.